The standard InChI is InChI=1S/C23H36O7.Na/c1-4-13(2)23(29)30-20-11-17(25)9-15-6-5-14(3)19(22(15)20)8-7-16(24)10-18(26)12-21(27)28;/h5-6,9,13-14,16-20,22,24-26H,4,7-8,10-12H2,1-3H3,(H,27,28);/q;+1/p-1/t13?,14-,16?,17+,18?,19-,20-,22-;/m0./s1. The van der Waals surface area contributed by atoms with Gasteiger partial charge >= 0.3 is 35.5 Å². The Bertz CT molecular complexity index is 662. The van der Waals surface area contributed by atoms with Crippen molar-refractivity contribution in [1.82, 2.24) is 0 Å². The second-order valence-corrected chi connectivity index (χ2v) is 8.86. The number of esters is 1. The zero-order chi connectivity index (χ0) is 22.4. The summed E-state index contributed by atoms with van der Waals surface area (Å²) in [5, 5.41) is 40.8. The van der Waals surface area contributed by atoms with Crippen molar-refractivity contribution in [2.45, 2.75) is 83.7 Å². The smallest absolute Gasteiger partial charge is 0.550 e. The van der Waals surface area contributed by atoms with Crippen LogP contribution in [0.2, 0.25) is 0 Å². The molecule has 0 aromatic rings. The largest absolute Gasteiger partial charge is 1.00 e. The van der Waals surface area contributed by atoms with E-state index < -0.39 is 36.8 Å². The van der Waals surface area contributed by atoms with Gasteiger partial charge in [0.05, 0.1) is 24.2 Å². The molecule has 0 saturated carbocycles. The molecule has 0 spiro atoms. The average Bonchev–Trinajstić information content (AvgIpc) is 2.65. The second kappa shape index (κ2) is 13.1. The van der Waals surface area contributed by atoms with E-state index in [1.165, 1.54) is 0 Å². The van der Waals surface area contributed by atoms with E-state index in [0.29, 0.717) is 25.7 Å². The number of ether oxygens (including phenoxy) is 1. The number of rotatable bonds is 10. The Morgan fingerprint density at radius 3 is 2.58 bits per heavy atom. The summed E-state index contributed by atoms with van der Waals surface area (Å²) in [7, 11) is 0. The summed E-state index contributed by atoms with van der Waals surface area (Å²) in [6, 6.07) is 0. The molecular formula is C23H35NaO7. The third kappa shape index (κ3) is 8.30. The summed E-state index contributed by atoms with van der Waals surface area (Å²) in [5.41, 5.74) is 0.949. The first-order valence-electron chi connectivity index (χ1n) is 11.0. The van der Waals surface area contributed by atoms with Crippen molar-refractivity contribution < 1.29 is 64.3 Å². The predicted octanol–water partition coefficient (Wildman–Crippen LogP) is -1.89. The van der Waals surface area contributed by atoms with Crippen LogP contribution in [0.3, 0.4) is 0 Å². The molecule has 2 rings (SSSR count). The number of carbonyl (C=O) groups is 2. The molecule has 7 nitrogen and oxygen atoms in total. The predicted molar refractivity (Wildman–Crippen MR) is 109 cm³/mol. The number of carboxylic acids is 1. The van der Waals surface area contributed by atoms with Crippen molar-refractivity contribution in [2.24, 2.45) is 23.7 Å². The Balaban J connectivity index is 0.00000480. The van der Waals surface area contributed by atoms with Crippen molar-refractivity contribution in [3.63, 3.8) is 0 Å². The van der Waals surface area contributed by atoms with Crippen LogP contribution in [0.25, 0.3) is 0 Å². The topological polar surface area (TPSA) is 127 Å². The second-order valence-electron chi connectivity index (χ2n) is 8.86. The molecule has 170 valence electrons. The van der Waals surface area contributed by atoms with Gasteiger partial charge in [0.2, 0.25) is 0 Å². The monoisotopic (exact) mass is 446 g/mol. The molecule has 2 aliphatic carbocycles. The van der Waals surface area contributed by atoms with Crippen molar-refractivity contribution >= 4 is 11.9 Å². The Labute approximate surface area is 206 Å². The van der Waals surface area contributed by atoms with E-state index in [2.05, 4.69) is 13.0 Å². The molecule has 8 atom stereocenters. The zero-order valence-electron chi connectivity index (χ0n) is 19.1. The first-order valence-corrected chi connectivity index (χ1v) is 11.0. The Morgan fingerprint density at radius 1 is 1.29 bits per heavy atom. The Kier molecular flexibility index (Phi) is 12.0. The van der Waals surface area contributed by atoms with E-state index >= 15 is 0 Å². The number of carboxylic acid groups (broad SMARTS) is 1. The summed E-state index contributed by atoms with van der Waals surface area (Å²) in [6.07, 6.45) is 4.31. The fourth-order valence-electron chi connectivity index (χ4n) is 4.51. The van der Waals surface area contributed by atoms with Crippen molar-refractivity contribution in [3.05, 3.63) is 23.8 Å². The van der Waals surface area contributed by atoms with Gasteiger partial charge in [0.1, 0.15) is 6.10 Å². The molecule has 0 bridgehead atoms. The van der Waals surface area contributed by atoms with Gasteiger partial charge in [-0.3, -0.25) is 4.79 Å². The van der Waals surface area contributed by atoms with Gasteiger partial charge in [0, 0.05) is 24.7 Å². The van der Waals surface area contributed by atoms with Gasteiger partial charge in [-0.25, -0.2) is 0 Å². The van der Waals surface area contributed by atoms with E-state index in [0.717, 1.165) is 5.57 Å². The molecular weight excluding hydrogens is 411 g/mol. The number of allylic oxidation sites excluding steroid dienone is 2. The molecule has 0 heterocycles. The number of carbonyl (C=O) groups excluding carboxylic acids is 2. The minimum atomic E-state index is -1.35. The molecule has 3 N–H and O–H groups in total. The third-order valence-electron chi connectivity index (χ3n) is 6.43. The summed E-state index contributed by atoms with van der Waals surface area (Å²) in [4.78, 5) is 23.0. The molecule has 8 heteroatoms. The normalized spacial score (nSPS) is 30.3. The third-order valence-corrected chi connectivity index (χ3v) is 6.43. The number of fused-ring (bicyclic) bond motifs is 1. The van der Waals surface area contributed by atoms with Crippen LogP contribution in [0, 0.1) is 23.7 Å². The summed E-state index contributed by atoms with van der Waals surface area (Å²) in [6.45, 7) is 5.83. The number of hydrogen-bond acceptors (Lipinski definition) is 7. The SMILES string of the molecule is CCC(C)C(=O)O[C@H]1C[C@H](O)C=C2C=C[C@H](C)[C@H](CCC(O)CC(O)CC(=O)[O-])[C@H]21.[Na+]. The van der Waals surface area contributed by atoms with E-state index in [1.807, 2.05) is 26.0 Å². The van der Waals surface area contributed by atoms with E-state index in [4.69, 9.17) is 4.74 Å². The maximum Gasteiger partial charge on any atom is 1.00 e. The first kappa shape index (κ1) is 28.3. The molecule has 0 aliphatic heterocycles. The molecule has 0 radical (unpaired) electrons. The first-order chi connectivity index (χ1) is 14.1. The Morgan fingerprint density at radius 2 is 1.97 bits per heavy atom. The molecule has 2 aliphatic rings. The van der Waals surface area contributed by atoms with Gasteiger partial charge < -0.3 is 30.0 Å². The van der Waals surface area contributed by atoms with Gasteiger partial charge in [-0.15, -0.1) is 0 Å². The number of hydrogen-bond donors (Lipinski definition) is 3. The number of aliphatic carboxylic acids is 1. The van der Waals surface area contributed by atoms with Gasteiger partial charge in [0.25, 0.3) is 0 Å². The quantitative estimate of drug-likeness (QED) is 0.265. The van der Waals surface area contributed by atoms with Crippen molar-refractivity contribution in [1.29, 1.82) is 0 Å². The molecule has 0 aromatic carbocycles. The maximum atomic E-state index is 12.4. The van der Waals surface area contributed by atoms with E-state index in [-0.39, 0.29) is 65.6 Å². The molecule has 0 aromatic heterocycles. The molecule has 0 amide bonds. The fraction of sp³-hybridized carbons (Fsp3) is 0.739. The van der Waals surface area contributed by atoms with Crippen LogP contribution < -0.4 is 34.7 Å². The minimum Gasteiger partial charge on any atom is -0.550 e. The van der Waals surface area contributed by atoms with Crippen molar-refractivity contribution in [3.8, 4) is 0 Å². The zero-order valence-corrected chi connectivity index (χ0v) is 21.1. The van der Waals surface area contributed by atoms with Crippen LogP contribution >= 0.6 is 0 Å². The minimum absolute atomic E-state index is 0. The van der Waals surface area contributed by atoms with Crippen LogP contribution in [0.15, 0.2) is 23.8 Å². The van der Waals surface area contributed by atoms with E-state index in [9.17, 15) is 30.0 Å². The van der Waals surface area contributed by atoms with Gasteiger partial charge in [-0.1, -0.05) is 39.0 Å². The average molecular weight is 447 g/mol. The summed E-state index contributed by atoms with van der Waals surface area (Å²) >= 11 is 0. The molecule has 3 unspecified atom stereocenters. The van der Waals surface area contributed by atoms with Crippen molar-refractivity contribution in [2.75, 3.05) is 0 Å². The van der Waals surface area contributed by atoms with Gasteiger partial charge in [0.15, 0.2) is 0 Å². The van der Waals surface area contributed by atoms with E-state index in [1.54, 1.807) is 0 Å². The van der Waals surface area contributed by atoms with Gasteiger partial charge in [-0.05, 0) is 43.1 Å². The molecule has 31 heavy (non-hydrogen) atoms. The number of aliphatic hydroxyl groups is 3. The molecule has 0 saturated heterocycles. The van der Waals surface area contributed by atoms with Crippen LogP contribution in [0.5, 0.6) is 0 Å². The molecule has 0 fully saturated rings. The number of aliphatic hydroxyl groups excluding tert-OH is 3. The maximum absolute atomic E-state index is 12.4. The summed E-state index contributed by atoms with van der Waals surface area (Å²) in [5.74, 6) is -1.60. The van der Waals surface area contributed by atoms with Crippen LogP contribution in [-0.2, 0) is 14.3 Å². The van der Waals surface area contributed by atoms with Crippen LogP contribution in [-0.4, -0.2) is 51.7 Å². The van der Waals surface area contributed by atoms with Gasteiger partial charge in [-0.2, -0.15) is 0 Å². The van der Waals surface area contributed by atoms with Crippen LogP contribution in [0.4, 0.5) is 0 Å². The van der Waals surface area contributed by atoms with Crippen LogP contribution in [0.1, 0.15) is 59.3 Å². The summed E-state index contributed by atoms with van der Waals surface area (Å²) < 4.78 is 5.83. The fourth-order valence-corrected chi connectivity index (χ4v) is 4.51. The Hall–Kier alpha value is -0.700.